The van der Waals surface area contributed by atoms with E-state index < -0.39 is 10.0 Å². The van der Waals surface area contributed by atoms with Gasteiger partial charge in [-0.25, -0.2) is 8.42 Å². The van der Waals surface area contributed by atoms with E-state index >= 15 is 0 Å². The Morgan fingerprint density at radius 3 is 2.38 bits per heavy atom. The average Bonchev–Trinajstić information content (AvgIpc) is 2.70. The quantitative estimate of drug-likeness (QED) is 0.230. The Balaban J connectivity index is 0.00000300. The molecule has 3 N–H and O–H groups in total. The molecular formula is C21H22ClN3O2S2. The van der Waals surface area contributed by atoms with E-state index in [0.717, 1.165) is 22.6 Å². The molecule has 0 atom stereocenters. The number of rotatable bonds is 8. The van der Waals surface area contributed by atoms with Crippen LogP contribution in [-0.4, -0.2) is 20.4 Å². The summed E-state index contributed by atoms with van der Waals surface area (Å²) in [7, 11) is -3.58. The highest BCUT2D eigenvalue weighted by Crippen LogP contribution is 2.24. The van der Waals surface area contributed by atoms with Crippen molar-refractivity contribution in [1.82, 2.24) is 0 Å². The van der Waals surface area contributed by atoms with Crippen molar-refractivity contribution in [2.45, 2.75) is 16.2 Å². The molecule has 152 valence electrons. The van der Waals surface area contributed by atoms with E-state index in [1.54, 1.807) is 54.4 Å². The number of aryl methyl sites for hydroxylation is 1. The van der Waals surface area contributed by atoms with Crippen LogP contribution in [0.3, 0.4) is 0 Å². The molecule has 3 aromatic carbocycles. The van der Waals surface area contributed by atoms with Gasteiger partial charge >= 0.3 is 0 Å². The van der Waals surface area contributed by atoms with Crippen molar-refractivity contribution < 1.29 is 8.42 Å². The molecule has 3 aromatic rings. The molecule has 0 heterocycles. The standard InChI is InChI=1S/C21H21N3O2S2.ClH/c22-23-16-18-11-9-17(10-12-18)13-14-27-20-6-4-5-19(15-20)24-28(25,26)21-7-2-1-3-8-21;/h1-12,15-16,24H,13-14,22H2;1H/b23-16-;. The number of halogens is 1. The Kier molecular flexibility index (Phi) is 8.57. The number of nitrogens with one attached hydrogen (secondary N) is 1. The zero-order valence-electron chi connectivity index (χ0n) is 15.6. The first-order valence-corrected chi connectivity index (χ1v) is 11.2. The second-order valence-electron chi connectivity index (χ2n) is 6.06. The summed E-state index contributed by atoms with van der Waals surface area (Å²) < 4.78 is 27.5. The van der Waals surface area contributed by atoms with Crippen LogP contribution in [0.4, 0.5) is 5.69 Å². The van der Waals surface area contributed by atoms with E-state index in [1.807, 2.05) is 30.3 Å². The number of anilines is 1. The van der Waals surface area contributed by atoms with E-state index in [-0.39, 0.29) is 17.3 Å². The Bertz CT molecular complexity index is 1040. The van der Waals surface area contributed by atoms with Crippen LogP contribution in [-0.2, 0) is 16.4 Å². The van der Waals surface area contributed by atoms with Crippen molar-refractivity contribution in [2.24, 2.45) is 10.9 Å². The number of nitrogens with zero attached hydrogens (tertiary/aromatic N) is 1. The zero-order chi connectivity index (χ0) is 19.8. The second kappa shape index (κ2) is 10.9. The number of benzene rings is 3. The Hall–Kier alpha value is -2.48. The fraction of sp³-hybridized carbons (Fsp3) is 0.0952. The summed E-state index contributed by atoms with van der Waals surface area (Å²) in [5, 5.41) is 3.51. The summed E-state index contributed by atoms with van der Waals surface area (Å²) >= 11 is 1.68. The molecule has 0 amide bonds. The van der Waals surface area contributed by atoms with Crippen LogP contribution < -0.4 is 10.6 Å². The minimum absolute atomic E-state index is 0. The van der Waals surface area contributed by atoms with Gasteiger partial charge in [0.2, 0.25) is 0 Å². The summed E-state index contributed by atoms with van der Waals surface area (Å²) in [6.45, 7) is 0. The largest absolute Gasteiger partial charge is 0.323 e. The number of nitrogens with two attached hydrogens (primary N) is 1. The molecule has 0 saturated heterocycles. The van der Waals surface area contributed by atoms with Gasteiger partial charge in [-0.2, -0.15) is 5.10 Å². The van der Waals surface area contributed by atoms with Gasteiger partial charge in [0.1, 0.15) is 0 Å². The first-order chi connectivity index (χ1) is 13.6. The highest BCUT2D eigenvalue weighted by atomic mass is 35.5. The van der Waals surface area contributed by atoms with E-state index in [2.05, 4.69) is 22.0 Å². The van der Waals surface area contributed by atoms with Crippen molar-refractivity contribution >= 4 is 46.1 Å². The molecule has 0 aliphatic heterocycles. The molecule has 0 saturated carbocycles. The molecule has 0 radical (unpaired) electrons. The maximum Gasteiger partial charge on any atom is 0.261 e. The van der Waals surface area contributed by atoms with Gasteiger partial charge in [-0.3, -0.25) is 4.72 Å². The van der Waals surface area contributed by atoms with Gasteiger partial charge in [0, 0.05) is 16.3 Å². The van der Waals surface area contributed by atoms with E-state index in [9.17, 15) is 8.42 Å². The van der Waals surface area contributed by atoms with Crippen LogP contribution in [0, 0.1) is 0 Å². The summed E-state index contributed by atoms with van der Waals surface area (Å²) in [6.07, 6.45) is 2.52. The molecule has 3 rings (SSSR count). The van der Waals surface area contributed by atoms with Gasteiger partial charge in [0.05, 0.1) is 11.1 Å². The van der Waals surface area contributed by atoms with Crippen LogP contribution in [0.5, 0.6) is 0 Å². The van der Waals surface area contributed by atoms with Crippen LogP contribution >= 0.6 is 24.2 Å². The van der Waals surface area contributed by atoms with Gasteiger partial charge in [-0.05, 0) is 47.9 Å². The minimum atomic E-state index is -3.58. The van der Waals surface area contributed by atoms with Gasteiger partial charge in [-0.1, -0.05) is 48.5 Å². The molecule has 0 aliphatic rings. The molecule has 0 fully saturated rings. The number of hydrogen-bond donors (Lipinski definition) is 2. The lowest BCUT2D eigenvalue weighted by atomic mass is 10.1. The van der Waals surface area contributed by atoms with Crippen LogP contribution in [0.2, 0.25) is 0 Å². The maximum atomic E-state index is 12.5. The summed E-state index contributed by atoms with van der Waals surface area (Å²) in [4.78, 5) is 1.26. The number of hydrogen-bond acceptors (Lipinski definition) is 5. The monoisotopic (exact) mass is 447 g/mol. The van der Waals surface area contributed by atoms with Crippen molar-refractivity contribution in [3.8, 4) is 0 Å². The lowest BCUT2D eigenvalue weighted by Gasteiger charge is -2.09. The van der Waals surface area contributed by atoms with E-state index in [1.165, 1.54) is 5.56 Å². The third kappa shape index (κ3) is 6.81. The zero-order valence-corrected chi connectivity index (χ0v) is 18.0. The van der Waals surface area contributed by atoms with Crippen LogP contribution in [0.1, 0.15) is 11.1 Å². The minimum Gasteiger partial charge on any atom is -0.323 e. The van der Waals surface area contributed by atoms with Crippen molar-refractivity contribution in [3.05, 3.63) is 90.0 Å². The smallest absolute Gasteiger partial charge is 0.261 e. The second-order valence-corrected chi connectivity index (χ2v) is 8.92. The topological polar surface area (TPSA) is 84.5 Å². The Morgan fingerprint density at radius 1 is 0.966 bits per heavy atom. The van der Waals surface area contributed by atoms with Crippen molar-refractivity contribution in [3.63, 3.8) is 0 Å². The Labute approximate surface area is 181 Å². The number of hydrazone groups is 1. The normalized spacial score (nSPS) is 11.2. The van der Waals surface area contributed by atoms with Crippen molar-refractivity contribution in [2.75, 3.05) is 10.5 Å². The van der Waals surface area contributed by atoms with E-state index in [4.69, 9.17) is 5.84 Å². The highest BCUT2D eigenvalue weighted by molar-refractivity contribution is 7.99. The number of sulfonamides is 1. The SMILES string of the molecule is Cl.N/N=C\c1ccc(CCSc2cccc(NS(=O)(=O)c3ccccc3)c2)cc1. The summed E-state index contributed by atoms with van der Waals surface area (Å²) in [5.74, 6) is 6.04. The predicted molar refractivity (Wildman–Crippen MR) is 124 cm³/mol. The van der Waals surface area contributed by atoms with E-state index in [0.29, 0.717) is 5.69 Å². The van der Waals surface area contributed by atoms with Gasteiger partial charge < -0.3 is 5.84 Å². The molecule has 0 aliphatic carbocycles. The molecule has 0 unspecified atom stereocenters. The van der Waals surface area contributed by atoms with Crippen LogP contribution in [0.25, 0.3) is 0 Å². The van der Waals surface area contributed by atoms with Crippen molar-refractivity contribution in [1.29, 1.82) is 0 Å². The maximum absolute atomic E-state index is 12.5. The summed E-state index contributed by atoms with van der Waals surface area (Å²) in [6, 6.07) is 23.9. The number of thioether (sulfide) groups is 1. The average molecular weight is 448 g/mol. The highest BCUT2D eigenvalue weighted by Gasteiger charge is 2.13. The summed E-state index contributed by atoms with van der Waals surface area (Å²) in [5.41, 5.74) is 2.75. The van der Waals surface area contributed by atoms with Gasteiger partial charge in [-0.15, -0.1) is 24.2 Å². The predicted octanol–water partition coefficient (Wildman–Crippen LogP) is 4.54. The first kappa shape index (κ1) is 22.8. The molecule has 8 heteroatoms. The molecule has 0 spiro atoms. The van der Waals surface area contributed by atoms with Crippen LogP contribution in [0.15, 0.2) is 93.8 Å². The molecule has 0 bridgehead atoms. The third-order valence-electron chi connectivity index (χ3n) is 4.00. The fourth-order valence-electron chi connectivity index (χ4n) is 2.61. The van der Waals surface area contributed by atoms with Gasteiger partial charge in [0.15, 0.2) is 0 Å². The molecule has 5 nitrogen and oxygen atoms in total. The Morgan fingerprint density at radius 2 is 1.69 bits per heavy atom. The molecular weight excluding hydrogens is 426 g/mol. The molecule has 29 heavy (non-hydrogen) atoms. The lowest BCUT2D eigenvalue weighted by molar-refractivity contribution is 0.601. The fourth-order valence-corrected chi connectivity index (χ4v) is 4.64. The third-order valence-corrected chi connectivity index (χ3v) is 6.40. The first-order valence-electron chi connectivity index (χ1n) is 8.70. The van der Waals surface area contributed by atoms with Gasteiger partial charge in [0.25, 0.3) is 10.0 Å². The lowest BCUT2D eigenvalue weighted by Crippen LogP contribution is -2.12. The molecule has 0 aromatic heterocycles.